The lowest BCUT2D eigenvalue weighted by Gasteiger charge is -2.09. The normalized spacial score (nSPS) is 9.79. The fourth-order valence-electron chi connectivity index (χ4n) is 1.09. The summed E-state index contributed by atoms with van der Waals surface area (Å²) < 4.78 is 4.74. The molecule has 1 N–H and O–H groups in total. The summed E-state index contributed by atoms with van der Waals surface area (Å²) in [5.74, 6) is 0.0723. The molecule has 1 rings (SSSR count). The van der Waals surface area contributed by atoms with Gasteiger partial charge >= 0.3 is 0 Å². The molecule has 0 aliphatic heterocycles. The maximum Gasteiger partial charge on any atom is 0.265 e. The minimum Gasteiger partial charge on any atom is -0.660 e. The molecule has 0 spiro atoms. The standard InChI is InChI=1S/C9H14N4O/c1-4-6-12(7-5-2)13-8(3)9(10)14-11-13/h4-5,10H,1-2,6-7H2,3H3. The van der Waals surface area contributed by atoms with Crippen LogP contribution in [0.3, 0.4) is 0 Å². The highest BCUT2D eigenvalue weighted by Crippen LogP contribution is 2.09. The monoisotopic (exact) mass is 194 g/mol. The van der Waals surface area contributed by atoms with Gasteiger partial charge in [0.2, 0.25) is 5.27 Å². The molecule has 14 heavy (non-hydrogen) atoms. The van der Waals surface area contributed by atoms with Crippen molar-refractivity contribution in [3.05, 3.63) is 36.7 Å². The highest BCUT2D eigenvalue weighted by atomic mass is 16.5. The Balaban J connectivity index is 2.91. The van der Waals surface area contributed by atoms with E-state index in [4.69, 9.17) is 10.3 Å². The molecule has 0 fully saturated rings. The van der Waals surface area contributed by atoms with Crippen molar-refractivity contribution >= 4 is 5.88 Å². The first kappa shape index (κ1) is 10.3. The van der Waals surface area contributed by atoms with E-state index in [1.54, 1.807) is 23.9 Å². The maximum absolute atomic E-state index is 7.37. The average molecular weight is 194 g/mol. The number of hydrogen-bond acceptors (Lipinski definition) is 3. The molecule has 1 aromatic heterocycles. The van der Waals surface area contributed by atoms with E-state index in [1.807, 2.05) is 5.01 Å². The SMILES string of the molecule is C=CCN(CC=C)[n+]1noc([NH-])c1C. The second-order valence-corrected chi connectivity index (χ2v) is 2.83. The number of nitrogens with zero attached hydrogens (tertiary/aromatic N) is 3. The molecule has 1 aromatic rings. The van der Waals surface area contributed by atoms with Crippen LogP contribution in [0.5, 0.6) is 0 Å². The number of rotatable bonds is 5. The predicted octanol–water partition coefficient (Wildman–Crippen LogP) is 1.26. The highest BCUT2D eigenvalue weighted by Gasteiger charge is 2.20. The smallest absolute Gasteiger partial charge is 0.265 e. The van der Waals surface area contributed by atoms with Gasteiger partial charge in [-0.15, -0.1) is 18.2 Å². The van der Waals surface area contributed by atoms with Crippen LogP contribution in [0, 0.1) is 6.92 Å². The summed E-state index contributed by atoms with van der Waals surface area (Å²) in [6.45, 7) is 10.3. The van der Waals surface area contributed by atoms with E-state index in [0.29, 0.717) is 18.8 Å². The molecular weight excluding hydrogens is 180 g/mol. The Labute approximate surface area is 83.0 Å². The Bertz CT molecular complexity index is 322. The van der Waals surface area contributed by atoms with Crippen LogP contribution in [0.4, 0.5) is 5.88 Å². The first-order valence-electron chi connectivity index (χ1n) is 4.28. The Morgan fingerprint density at radius 2 is 2.07 bits per heavy atom. The Hall–Kier alpha value is -1.78. The lowest BCUT2D eigenvalue weighted by atomic mass is 10.5. The lowest BCUT2D eigenvalue weighted by Crippen LogP contribution is -2.60. The fraction of sp³-hybridized carbons (Fsp3) is 0.333. The topological polar surface area (TPSA) is 57.0 Å². The van der Waals surface area contributed by atoms with E-state index in [0.717, 1.165) is 0 Å². The average Bonchev–Trinajstić information content (AvgIpc) is 2.48. The zero-order valence-electron chi connectivity index (χ0n) is 8.23. The van der Waals surface area contributed by atoms with Crippen molar-refractivity contribution in [2.45, 2.75) is 6.92 Å². The molecular formula is C9H14N4O. The van der Waals surface area contributed by atoms with Gasteiger partial charge in [-0.05, 0) is 0 Å². The minimum atomic E-state index is 0.0723. The van der Waals surface area contributed by atoms with Gasteiger partial charge in [-0.2, -0.15) is 0 Å². The van der Waals surface area contributed by atoms with Crippen LogP contribution in [0.25, 0.3) is 5.73 Å². The summed E-state index contributed by atoms with van der Waals surface area (Å²) in [7, 11) is 0. The molecule has 0 saturated carbocycles. The Morgan fingerprint density at radius 1 is 1.50 bits per heavy atom. The molecule has 76 valence electrons. The molecule has 0 atom stereocenters. The van der Waals surface area contributed by atoms with Crippen LogP contribution in [-0.4, -0.2) is 18.4 Å². The van der Waals surface area contributed by atoms with Gasteiger partial charge in [-0.1, -0.05) is 12.2 Å². The van der Waals surface area contributed by atoms with Crippen molar-refractivity contribution in [2.75, 3.05) is 18.1 Å². The van der Waals surface area contributed by atoms with E-state index in [-0.39, 0.29) is 5.88 Å². The first-order chi connectivity index (χ1) is 6.70. The van der Waals surface area contributed by atoms with Crippen molar-refractivity contribution in [2.24, 2.45) is 0 Å². The molecule has 0 aliphatic rings. The van der Waals surface area contributed by atoms with Crippen LogP contribution < -0.4 is 9.80 Å². The number of nitrogens with one attached hydrogen (secondary N) is 1. The van der Waals surface area contributed by atoms with Crippen molar-refractivity contribution in [1.29, 1.82) is 0 Å². The van der Waals surface area contributed by atoms with Crippen LogP contribution >= 0.6 is 0 Å². The summed E-state index contributed by atoms with van der Waals surface area (Å²) in [4.78, 5) is 1.55. The minimum absolute atomic E-state index is 0.0723. The maximum atomic E-state index is 7.37. The van der Waals surface area contributed by atoms with Crippen LogP contribution in [-0.2, 0) is 0 Å². The summed E-state index contributed by atoms with van der Waals surface area (Å²) in [6.07, 6.45) is 3.52. The number of hydrogen-bond donors (Lipinski definition) is 0. The van der Waals surface area contributed by atoms with Gasteiger partial charge < -0.3 is 10.3 Å². The fourth-order valence-corrected chi connectivity index (χ4v) is 1.09. The second-order valence-electron chi connectivity index (χ2n) is 2.83. The molecule has 0 bridgehead atoms. The predicted molar refractivity (Wildman–Crippen MR) is 53.8 cm³/mol. The van der Waals surface area contributed by atoms with Gasteiger partial charge in [0.15, 0.2) is 0 Å². The van der Waals surface area contributed by atoms with E-state index < -0.39 is 0 Å². The van der Waals surface area contributed by atoms with Crippen LogP contribution in [0.2, 0.25) is 0 Å². The van der Waals surface area contributed by atoms with Gasteiger partial charge in [0.05, 0.1) is 17.9 Å². The van der Waals surface area contributed by atoms with Gasteiger partial charge in [0, 0.05) is 6.92 Å². The summed E-state index contributed by atoms with van der Waals surface area (Å²) in [6, 6.07) is 0. The van der Waals surface area contributed by atoms with Crippen molar-refractivity contribution in [3.8, 4) is 0 Å². The molecule has 5 heteroatoms. The van der Waals surface area contributed by atoms with E-state index >= 15 is 0 Å². The molecule has 0 aliphatic carbocycles. The third kappa shape index (κ3) is 1.93. The summed E-state index contributed by atoms with van der Waals surface area (Å²) in [5.41, 5.74) is 8.03. The van der Waals surface area contributed by atoms with E-state index in [2.05, 4.69) is 18.4 Å². The van der Waals surface area contributed by atoms with Crippen LogP contribution in [0.15, 0.2) is 29.8 Å². The van der Waals surface area contributed by atoms with Gasteiger partial charge in [0.1, 0.15) is 5.88 Å². The van der Waals surface area contributed by atoms with Gasteiger partial charge in [-0.25, -0.2) is 0 Å². The summed E-state index contributed by atoms with van der Waals surface area (Å²) in [5, 5.41) is 5.60. The zero-order chi connectivity index (χ0) is 10.6. The van der Waals surface area contributed by atoms with E-state index in [1.165, 1.54) is 0 Å². The van der Waals surface area contributed by atoms with E-state index in [9.17, 15) is 0 Å². The quantitative estimate of drug-likeness (QED) is 0.523. The molecule has 0 unspecified atom stereocenters. The first-order valence-corrected chi connectivity index (χ1v) is 4.28. The lowest BCUT2D eigenvalue weighted by molar-refractivity contribution is -0.761. The highest BCUT2D eigenvalue weighted by molar-refractivity contribution is 5.29. The Kier molecular flexibility index (Phi) is 3.28. The third-order valence-corrected chi connectivity index (χ3v) is 1.79. The van der Waals surface area contributed by atoms with Crippen molar-refractivity contribution in [3.63, 3.8) is 0 Å². The second kappa shape index (κ2) is 4.45. The molecule has 0 saturated heterocycles. The largest absolute Gasteiger partial charge is 0.660 e. The Morgan fingerprint density at radius 3 is 2.43 bits per heavy atom. The molecule has 0 amide bonds. The molecule has 1 heterocycles. The zero-order valence-corrected chi connectivity index (χ0v) is 8.23. The van der Waals surface area contributed by atoms with Crippen molar-refractivity contribution in [1.82, 2.24) is 5.27 Å². The third-order valence-electron chi connectivity index (χ3n) is 1.79. The van der Waals surface area contributed by atoms with Gasteiger partial charge in [-0.3, -0.25) is 0 Å². The van der Waals surface area contributed by atoms with Crippen LogP contribution in [0.1, 0.15) is 5.69 Å². The summed E-state index contributed by atoms with van der Waals surface area (Å²) >= 11 is 0. The molecule has 0 aromatic carbocycles. The molecule has 5 nitrogen and oxygen atoms in total. The van der Waals surface area contributed by atoms with Crippen molar-refractivity contribution < 1.29 is 9.31 Å². The molecule has 0 radical (unpaired) electrons. The van der Waals surface area contributed by atoms with Gasteiger partial charge in [0.25, 0.3) is 5.69 Å². The number of aromatic nitrogens is 2.